The van der Waals surface area contributed by atoms with Gasteiger partial charge in [-0.15, -0.1) is 23.1 Å². The fourth-order valence-electron chi connectivity index (χ4n) is 3.03. The number of amides is 2. The molecule has 2 aliphatic rings. The summed E-state index contributed by atoms with van der Waals surface area (Å²) in [6.07, 6.45) is 0. The molecule has 0 bridgehead atoms. The van der Waals surface area contributed by atoms with Crippen LogP contribution in [0.25, 0.3) is 0 Å². The predicted molar refractivity (Wildman–Crippen MR) is 112 cm³/mol. The number of carboxylic acid groups (broad SMARTS) is 1. The molecule has 1 aromatic heterocycles. The number of carboxylic acids is 1. The quantitative estimate of drug-likeness (QED) is 0.136. The molecule has 33 heavy (non-hydrogen) atoms. The van der Waals surface area contributed by atoms with Gasteiger partial charge in [0, 0.05) is 11.1 Å². The average molecular weight is 530 g/mol. The number of sulfone groups is 1. The summed E-state index contributed by atoms with van der Waals surface area (Å²) in [5.74, 6) is -4.32. The summed E-state index contributed by atoms with van der Waals surface area (Å²) in [5.41, 5.74) is 4.71. The molecule has 1 fully saturated rings. The van der Waals surface area contributed by atoms with Gasteiger partial charge >= 0.3 is 29.6 Å². The molecule has 2 aliphatic heterocycles. The molecule has 1 aromatic rings. The number of thioether (sulfide) groups is 1. The monoisotopic (exact) mass is 529 g/mol. The maximum atomic E-state index is 12.7. The van der Waals surface area contributed by atoms with Crippen LogP contribution in [0.5, 0.6) is 0 Å². The van der Waals surface area contributed by atoms with Crippen LogP contribution in [0, 0.1) is 0 Å². The molecule has 0 spiro atoms. The van der Waals surface area contributed by atoms with Crippen LogP contribution in [0.1, 0.15) is 12.6 Å². The summed E-state index contributed by atoms with van der Waals surface area (Å²) < 4.78 is 35.9. The Hall–Kier alpha value is -1.72. The van der Waals surface area contributed by atoms with E-state index < -0.39 is 56.5 Å². The summed E-state index contributed by atoms with van der Waals surface area (Å²) in [6, 6.07) is -2.79. The van der Waals surface area contributed by atoms with E-state index in [0.29, 0.717) is 0 Å². The van der Waals surface area contributed by atoms with Gasteiger partial charge in [0.05, 0.1) is 17.4 Å². The molecule has 3 N–H and O–H groups in total. The fraction of sp³-hybridized carbons (Fsp3) is 0.438. The summed E-state index contributed by atoms with van der Waals surface area (Å²) in [5, 5.41) is 18.6. The zero-order valence-electron chi connectivity index (χ0n) is 17.4. The minimum absolute atomic E-state index is 0. The summed E-state index contributed by atoms with van der Waals surface area (Å²) >= 11 is 2.09. The molecule has 2 amide bonds. The van der Waals surface area contributed by atoms with Crippen LogP contribution < -0.4 is 45.7 Å². The van der Waals surface area contributed by atoms with Gasteiger partial charge in [-0.2, -0.15) is 0 Å². The first-order valence-corrected chi connectivity index (χ1v) is 12.7. The van der Waals surface area contributed by atoms with Gasteiger partial charge in [-0.25, -0.2) is 17.8 Å². The SMILES string of the molecule is CCO/N=C(\C(=O)NC1C(=O)N2C(C(=O)[O-])=C(CS(=O)(=O)CF)CS[C@H]12)c1csc(N)n1.[Na+]. The number of nitrogens with two attached hydrogens (primary N) is 1. The Kier molecular flexibility index (Phi) is 9.29. The number of anilines is 1. The molecule has 1 unspecified atom stereocenters. The topological polar surface area (TPSA) is 184 Å². The van der Waals surface area contributed by atoms with E-state index >= 15 is 0 Å². The van der Waals surface area contributed by atoms with Crippen LogP contribution in [-0.4, -0.2) is 77.3 Å². The van der Waals surface area contributed by atoms with Gasteiger partial charge in [0.1, 0.15) is 23.7 Å². The summed E-state index contributed by atoms with van der Waals surface area (Å²) in [6.45, 7) is 1.81. The molecule has 0 aliphatic carbocycles. The number of nitrogens with one attached hydrogen (secondary N) is 1. The van der Waals surface area contributed by atoms with Crippen LogP contribution in [0.4, 0.5) is 9.52 Å². The van der Waals surface area contributed by atoms with Crippen molar-refractivity contribution >= 4 is 61.6 Å². The number of alkyl halides is 1. The Morgan fingerprint density at radius 2 is 2.18 bits per heavy atom. The molecule has 1 saturated heterocycles. The number of nitrogens with zero attached hydrogens (tertiary/aromatic N) is 3. The van der Waals surface area contributed by atoms with Crippen molar-refractivity contribution in [3.05, 3.63) is 22.3 Å². The minimum Gasteiger partial charge on any atom is -0.543 e. The number of nitrogen functional groups attached to an aromatic ring is 1. The van der Waals surface area contributed by atoms with E-state index in [-0.39, 0.29) is 64.0 Å². The number of fused-ring (bicyclic) bond motifs is 1. The number of oxime groups is 1. The first-order chi connectivity index (χ1) is 15.1. The van der Waals surface area contributed by atoms with Gasteiger partial charge in [0.2, 0.25) is 0 Å². The molecule has 12 nitrogen and oxygen atoms in total. The third-order valence-corrected chi connectivity index (χ3v) is 7.49. The predicted octanol–water partition coefficient (Wildman–Crippen LogP) is -4.78. The maximum Gasteiger partial charge on any atom is 1.00 e. The second-order valence-electron chi connectivity index (χ2n) is 6.53. The molecule has 0 saturated carbocycles. The number of aliphatic carboxylic acids is 1. The summed E-state index contributed by atoms with van der Waals surface area (Å²) in [7, 11) is -4.18. The van der Waals surface area contributed by atoms with Gasteiger partial charge < -0.3 is 25.8 Å². The third kappa shape index (κ3) is 5.86. The zero-order chi connectivity index (χ0) is 23.6. The van der Waals surface area contributed by atoms with E-state index in [9.17, 15) is 32.3 Å². The smallest absolute Gasteiger partial charge is 0.543 e. The third-order valence-electron chi connectivity index (χ3n) is 4.35. The van der Waals surface area contributed by atoms with E-state index in [0.717, 1.165) is 28.0 Å². The molecular formula is C16H17FN5NaO7S3. The molecule has 0 aromatic carbocycles. The van der Waals surface area contributed by atoms with Crippen LogP contribution in [0.15, 0.2) is 21.8 Å². The van der Waals surface area contributed by atoms with Crippen molar-refractivity contribution in [2.45, 2.75) is 18.3 Å². The number of aromatic nitrogens is 1. The molecule has 174 valence electrons. The Labute approximate surface area is 218 Å². The molecule has 17 heteroatoms. The van der Waals surface area contributed by atoms with Gasteiger partial charge in [0.15, 0.2) is 26.7 Å². The molecule has 2 atom stereocenters. The standard InChI is InChI=1S/C16H18FN5O7S3.Na/c1-2-29-21-9(8-4-31-16(18)19-8)12(23)20-10-13(24)22-11(15(25)26)7(3-30-14(10)22)5-32(27,28)6-17;/h4,10,14H,2-3,5-6H2,1H3,(H2,18,19)(H,20,23)(H,25,26);/q;+1/p-1/b21-9-;/t10?,14-;/m1./s1. The Balaban J connectivity index is 0.00000385. The van der Waals surface area contributed by atoms with Crippen molar-refractivity contribution in [3.63, 3.8) is 0 Å². The normalized spacial score (nSPS) is 20.5. The minimum atomic E-state index is -4.18. The Morgan fingerprint density at radius 1 is 1.48 bits per heavy atom. The number of hydrogen-bond acceptors (Lipinski definition) is 12. The van der Waals surface area contributed by atoms with Crippen molar-refractivity contribution in [1.82, 2.24) is 15.2 Å². The van der Waals surface area contributed by atoms with Gasteiger partial charge in [-0.3, -0.25) is 14.5 Å². The first-order valence-electron chi connectivity index (χ1n) is 8.96. The second kappa shape index (κ2) is 11.1. The Morgan fingerprint density at radius 3 is 2.73 bits per heavy atom. The van der Waals surface area contributed by atoms with E-state index in [2.05, 4.69) is 15.5 Å². The molecule has 0 radical (unpaired) electrons. The molecule has 3 heterocycles. The largest absolute Gasteiger partial charge is 1.00 e. The van der Waals surface area contributed by atoms with Gasteiger partial charge in [0.25, 0.3) is 11.8 Å². The van der Waals surface area contributed by atoms with Gasteiger partial charge in [-0.1, -0.05) is 5.16 Å². The summed E-state index contributed by atoms with van der Waals surface area (Å²) in [4.78, 5) is 46.7. The molecule has 3 rings (SSSR count). The van der Waals surface area contributed by atoms with Crippen molar-refractivity contribution in [2.75, 3.05) is 29.9 Å². The number of halogens is 1. The molecular weight excluding hydrogens is 512 g/mol. The maximum absolute atomic E-state index is 12.7. The van der Waals surface area contributed by atoms with Gasteiger partial charge in [-0.05, 0) is 12.5 Å². The number of thiazole rings is 1. The van der Waals surface area contributed by atoms with E-state index in [1.807, 2.05) is 0 Å². The van der Waals surface area contributed by atoms with Crippen LogP contribution in [0.3, 0.4) is 0 Å². The Bertz CT molecular complexity index is 1120. The number of carbonyl (C=O) groups excluding carboxylic acids is 3. The van der Waals surface area contributed by atoms with E-state index in [1.54, 1.807) is 6.92 Å². The number of hydrogen-bond donors (Lipinski definition) is 2. The van der Waals surface area contributed by atoms with Crippen LogP contribution in [-0.2, 0) is 29.1 Å². The van der Waals surface area contributed by atoms with E-state index in [4.69, 9.17) is 10.6 Å². The zero-order valence-corrected chi connectivity index (χ0v) is 21.9. The van der Waals surface area contributed by atoms with Crippen molar-refractivity contribution in [1.29, 1.82) is 0 Å². The second-order valence-corrected chi connectivity index (χ2v) is 10.5. The van der Waals surface area contributed by atoms with Crippen molar-refractivity contribution < 1.29 is 66.7 Å². The van der Waals surface area contributed by atoms with E-state index in [1.165, 1.54) is 5.38 Å². The first kappa shape index (κ1) is 27.5. The number of carbonyl (C=O) groups is 3. The fourth-order valence-corrected chi connectivity index (χ4v) is 5.90. The van der Waals surface area contributed by atoms with Crippen molar-refractivity contribution in [3.8, 4) is 0 Å². The number of rotatable bonds is 9. The van der Waals surface area contributed by atoms with Crippen LogP contribution >= 0.6 is 23.1 Å². The van der Waals surface area contributed by atoms with Crippen molar-refractivity contribution in [2.24, 2.45) is 5.16 Å². The van der Waals surface area contributed by atoms with Crippen LogP contribution in [0.2, 0.25) is 0 Å². The average Bonchev–Trinajstić information content (AvgIpc) is 3.17. The number of β-lactam (4-membered cyclic amide) rings is 1.